The smallest absolute Gasteiger partial charge is 0.195 e. The Hall–Kier alpha value is -0.240. The first-order valence-corrected chi connectivity index (χ1v) is 7.51. The highest BCUT2D eigenvalue weighted by Crippen LogP contribution is 2.32. The molecule has 1 heterocycles. The number of unbranched alkanes of at least 4 members (excludes halogenated alkanes) is 5. The van der Waals surface area contributed by atoms with E-state index in [0.29, 0.717) is 6.42 Å². The van der Waals surface area contributed by atoms with Crippen molar-refractivity contribution < 1.29 is 30.3 Å². The molecular formula is C14H28O6. The normalized spacial score (nSPS) is 38.1. The van der Waals surface area contributed by atoms with E-state index in [4.69, 9.17) is 9.84 Å². The monoisotopic (exact) mass is 292 g/mol. The van der Waals surface area contributed by atoms with Gasteiger partial charge in [-0.05, 0) is 6.42 Å². The van der Waals surface area contributed by atoms with E-state index in [9.17, 15) is 20.4 Å². The molecule has 0 radical (unpaired) electrons. The number of hydrogen-bond donors (Lipinski definition) is 5. The van der Waals surface area contributed by atoms with Crippen LogP contribution in [0.15, 0.2) is 0 Å². The fraction of sp³-hybridized carbons (Fsp3) is 1.00. The predicted octanol–water partition coefficient (Wildman–Crippen LogP) is -0.101. The summed E-state index contributed by atoms with van der Waals surface area (Å²) in [5.41, 5.74) is 0. The summed E-state index contributed by atoms with van der Waals surface area (Å²) in [5, 5.41) is 48.5. The summed E-state index contributed by atoms with van der Waals surface area (Å²) in [7, 11) is 0. The van der Waals surface area contributed by atoms with E-state index < -0.39 is 36.8 Å². The summed E-state index contributed by atoms with van der Waals surface area (Å²) < 4.78 is 5.19. The lowest BCUT2D eigenvalue weighted by atomic mass is 9.89. The molecule has 0 bridgehead atoms. The molecule has 1 fully saturated rings. The molecule has 20 heavy (non-hydrogen) atoms. The largest absolute Gasteiger partial charge is 0.394 e. The van der Waals surface area contributed by atoms with Gasteiger partial charge in [-0.25, -0.2) is 0 Å². The quantitative estimate of drug-likeness (QED) is 0.400. The van der Waals surface area contributed by atoms with E-state index in [-0.39, 0.29) is 6.42 Å². The number of rotatable bonds is 8. The van der Waals surface area contributed by atoms with Crippen LogP contribution in [0.4, 0.5) is 0 Å². The molecule has 120 valence electrons. The van der Waals surface area contributed by atoms with E-state index in [1.54, 1.807) is 0 Å². The Kier molecular flexibility index (Phi) is 7.36. The molecule has 1 rings (SSSR count). The summed E-state index contributed by atoms with van der Waals surface area (Å²) in [5.74, 6) is -1.91. The van der Waals surface area contributed by atoms with Gasteiger partial charge in [0.1, 0.15) is 24.4 Å². The molecule has 1 aliphatic rings. The first-order valence-electron chi connectivity index (χ1n) is 7.51. The Morgan fingerprint density at radius 2 is 1.55 bits per heavy atom. The Morgan fingerprint density at radius 3 is 2.15 bits per heavy atom. The van der Waals surface area contributed by atoms with Crippen molar-refractivity contribution in [3.05, 3.63) is 0 Å². The van der Waals surface area contributed by atoms with Gasteiger partial charge in [-0.3, -0.25) is 0 Å². The summed E-state index contributed by atoms with van der Waals surface area (Å²) in [6.07, 6.45) is 0.669. The van der Waals surface area contributed by atoms with Crippen LogP contribution in [0.25, 0.3) is 0 Å². The fourth-order valence-corrected chi connectivity index (χ4v) is 2.59. The van der Waals surface area contributed by atoms with Crippen molar-refractivity contribution in [3.63, 3.8) is 0 Å². The number of ether oxygens (including phenoxy) is 1. The maximum Gasteiger partial charge on any atom is 0.195 e. The van der Waals surface area contributed by atoms with Gasteiger partial charge in [-0.15, -0.1) is 0 Å². The van der Waals surface area contributed by atoms with Crippen LogP contribution in [0.2, 0.25) is 0 Å². The summed E-state index contributed by atoms with van der Waals surface area (Å²) in [6, 6.07) is 0. The fourth-order valence-electron chi connectivity index (χ4n) is 2.59. The average Bonchev–Trinajstić information content (AvgIpc) is 2.45. The van der Waals surface area contributed by atoms with Crippen LogP contribution in [0.1, 0.15) is 51.9 Å². The molecule has 0 saturated carbocycles. The van der Waals surface area contributed by atoms with Crippen LogP contribution in [0.5, 0.6) is 0 Å². The van der Waals surface area contributed by atoms with Gasteiger partial charge >= 0.3 is 0 Å². The first kappa shape index (κ1) is 17.8. The zero-order valence-corrected chi connectivity index (χ0v) is 12.1. The standard InChI is InChI=1S/C14H28O6/c1-2-3-4-5-6-7-8-14(19)13(18)12(17)11(16)10(9-15)20-14/h10-13,15-19H,2-9H2,1H3/t10-,11-,12+,13+,14?/m1/s1. The molecule has 1 unspecified atom stereocenters. The van der Waals surface area contributed by atoms with Crippen molar-refractivity contribution in [1.29, 1.82) is 0 Å². The summed E-state index contributed by atoms with van der Waals surface area (Å²) in [6.45, 7) is 1.61. The van der Waals surface area contributed by atoms with Crippen LogP contribution >= 0.6 is 0 Å². The lowest BCUT2D eigenvalue weighted by Crippen LogP contribution is -2.65. The summed E-state index contributed by atoms with van der Waals surface area (Å²) >= 11 is 0. The van der Waals surface area contributed by atoms with Gasteiger partial charge in [0.15, 0.2) is 5.79 Å². The Morgan fingerprint density at radius 1 is 0.950 bits per heavy atom. The highest BCUT2D eigenvalue weighted by atomic mass is 16.7. The third kappa shape index (κ3) is 4.38. The van der Waals surface area contributed by atoms with Crippen molar-refractivity contribution in [2.24, 2.45) is 0 Å². The molecule has 0 aromatic rings. The van der Waals surface area contributed by atoms with Crippen molar-refractivity contribution in [2.75, 3.05) is 6.61 Å². The highest BCUT2D eigenvalue weighted by Gasteiger charge is 2.51. The van der Waals surface area contributed by atoms with Crippen molar-refractivity contribution >= 4 is 0 Å². The SMILES string of the molecule is CCCCCCCCC1(O)O[C@H](CO)[C@@H](O)[C@H](O)[C@@H]1O. The molecule has 5 atom stereocenters. The van der Waals surface area contributed by atoms with Gasteiger partial charge < -0.3 is 30.3 Å². The molecule has 0 aliphatic carbocycles. The van der Waals surface area contributed by atoms with Crippen molar-refractivity contribution in [3.8, 4) is 0 Å². The molecule has 1 aliphatic heterocycles. The molecule has 1 saturated heterocycles. The molecule has 0 aromatic carbocycles. The number of aliphatic hydroxyl groups excluding tert-OH is 4. The minimum absolute atomic E-state index is 0.167. The molecule has 0 spiro atoms. The first-order chi connectivity index (χ1) is 9.46. The molecular weight excluding hydrogens is 264 g/mol. The third-order valence-electron chi connectivity index (χ3n) is 3.94. The zero-order valence-electron chi connectivity index (χ0n) is 12.1. The minimum atomic E-state index is -1.91. The van der Waals surface area contributed by atoms with E-state index in [1.165, 1.54) is 6.42 Å². The number of aliphatic hydroxyl groups is 5. The van der Waals surface area contributed by atoms with Crippen LogP contribution in [-0.4, -0.2) is 62.3 Å². The van der Waals surface area contributed by atoms with E-state index >= 15 is 0 Å². The van der Waals surface area contributed by atoms with Crippen LogP contribution < -0.4 is 0 Å². The second-order valence-electron chi connectivity index (χ2n) is 5.63. The minimum Gasteiger partial charge on any atom is -0.394 e. The second kappa shape index (κ2) is 8.26. The lowest BCUT2D eigenvalue weighted by molar-refractivity contribution is -0.351. The average molecular weight is 292 g/mol. The highest BCUT2D eigenvalue weighted by molar-refractivity contribution is 4.95. The zero-order chi connectivity index (χ0) is 15.2. The predicted molar refractivity (Wildman–Crippen MR) is 72.9 cm³/mol. The van der Waals surface area contributed by atoms with Gasteiger partial charge in [0, 0.05) is 6.42 Å². The second-order valence-corrected chi connectivity index (χ2v) is 5.63. The van der Waals surface area contributed by atoms with Crippen LogP contribution in [0.3, 0.4) is 0 Å². The van der Waals surface area contributed by atoms with Crippen LogP contribution in [-0.2, 0) is 4.74 Å². The van der Waals surface area contributed by atoms with Gasteiger partial charge in [0.25, 0.3) is 0 Å². The summed E-state index contributed by atoms with van der Waals surface area (Å²) in [4.78, 5) is 0. The van der Waals surface area contributed by atoms with Crippen molar-refractivity contribution in [2.45, 2.75) is 82.1 Å². The van der Waals surface area contributed by atoms with E-state index in [1.807, 2.05) is 0 Å². The number of hydrogen-bond acceptors (Lipinski definition) is 6. The Bertz CT molecular complexity index is 272. The van der Waals surface area contributed by atoms with Crippen LogP contribution in [0, 0.1) is 0 Å². The maximum atomic E-state index is 10.3. The molecule has 6 nitrogen and oxygen atoms in total. The lowest BCUT2D eigenvalue weighted by Gasteiger charge is -2.45. The van der Waals surface area contributed by atoms with Gasteiger partial charge in [0.2, 0.25) is 0 Å². The molecule has 0 aromatic heterocycles. The Balaban J connectivity index is 2.44. The molecule has 6 heteroatoms. The van der Waals surface area contributed by atoms with E-state index in [0.717, 1.165) is 25.7 Å². The van der Waals surface area contributed by atoms with Gasteiger partial charge in [0.05, 0.1) is 6.61 Å². The topological polar surface area (TPSA) is 110 Å². The van der Waals surface area contributed by atoms with Crippen molar-refractivity contribution in [1.82, 2.24) is 0 Å². The van der Waals surface area contributed by atoms with Gasteiger partial charge in [-0.1, -0.05) is 39.0 Å². The Labute approximate surface area is 120 Å². The maximum absolute atomic E-state index is 10.3. The molecule has 0 amide bonds. The molecule has 5 N–H and O–H groups in total. The third-order valence-corrected chi connectivity index (χ3v) is 3.94. The van der Waals surface area contributed by atoms with E-state index in [2.05, 4.69) is 6.92 Å². The van der Waals surface area contributed by atoms with Gasteiger partial charge in [-0.2, -0.15) is 0 Å².